The van der Waals surface area contributed by atoms with Gasteiger partial charge in [0, 0.05) is 19.1 Å². The minimum Gasteiger partial charge on any atom is -0.396 e. The molecule has 0 fully saturated rings. The number of aliphatic hydroxyl groups is 1. The Labute approximate surface area is 101 Å². The molecular weight excluding hydrogens is 246 g/mol. The van der Waals surface area contributed by atoms with E-state index in [0.29, 0.717) is 11.3 Å². The zero-order chi connectivity index (χ0) is 12.7. The molecule has 0 saturated carbocycles. The van der Waals surface area contributed by atoms with Gasteiger partial charge in [-0.1, -0.05) is 11.3 Å². The Morgan fingerprint density at radius 1 is 1.65 bits per heavy atom. The topological polar surface area (TPSA) is 105 Å². The first-order chi connectivity index (χ1) is 8.13. The van der Waals surface area contributed by atoms with Crippen molar-refractivity contribution in [3.8, 4) is 0 Å². The molecule has 2 N–H and O–H groups in total. The van der Waals surface area contributed by atoms with Gasteiger partial charge in [-0.3, -0.25) is 14.9 Å². The Kier molecular flexibility index (Phi) is 5.24. The number of hydrazone groups is 1. The number of nitro groups is 1. The highest BCUT2D eigenvalue weighted by Crippen LogP contribution is 2.22. The average molecular weight is 257 g/mol. The van der Waals surface area contributed by atoms with E-state index >= 15 is 0 Å². The molecule has 1 aromatic rings. The molecule has 0 aliphatic heterocycles. The minimum atomic E-state index is -0.484. The van der Waals surface area contributed by atoms with E-state index in [-0.39, 0.29) is 23.9 Å². The van der Waals surface area contributed by atoms with Crippen molar-refractivity contribution in [3.05, 3.63) is 27.1 Å². The zero-order valence-electron chi connectivity index (χ0n) is 8.83. The summed E-state index contributed by atoms with van der Waals surface area (Å²) < 4.78 is 0. The van der Waals surface area contributed by atoms with Crippen LogP contribution in [0.25, 0.3) is 0 Å². The normalized spacial score (nSPS) is 10.6. The van der Waals surface area contributed by atoms with Crippen molar-refractivity contribution in [2.45, 2.75) is 12.8 Å². The maximum atomic E-state index is 11.1. The Morgan fingerprint density at radius 3 is 3.00 bits per heavy atom. The molecule has 8 heteroatoms. The highest BCUT2D eigenvalue weighted by atomic mass is 32.1. The van der Waals surface area contributed by atoms with E-state index in [2.05, 4.69) is 10.5 Å². The molecule has 7 nitrogen and oxygen atoms in total. The fourth-order valence-electron chi connectivity index (χ4n) is 0.973. The quantitative estimate of drug-likeness (QED) is 0.448. The van der Waals surface area contributed by atoms with Crippen molar-refractivity contribution < 1.29 is 14.8 Å². The monoisotopic (exact) mass is 257 g/mol. The summed E-state index contributed by atoms with van der Waals surface area (Å²) in [6.45, 7) is -0.0474. The second kappa shape index (κ2) is 6.71. The number of carbonyl (C=O) groups is 1. The zero-order valence-corrected chi connectivity index (χ0v) is 9.64. The third-order valence-corrected chi connectivity index (χ3v) is 2.71. The van der Waals surface area contributed by atoms with Gasteiger partial charge in [0.1, 0.15) is 0 Å². The molecule has 0 aliphatic rings. The van der Waals surface area contributed by atoms with Gasteiger partial charge in [-0.2, -0.15) is 5.10 Å². The first-order valence-electron chi connectivity index (χ1n) is 4.80. The van der Waals surface area contributed by atoms with Gasteiger partial charge in [-0.25, -0.2) is 5.43 Å². The molecule has 0 unspecified atom stereocenters. The molecule has 0 spiro atoms. The molecular formula is C9H11N3O4S. The summed E-state index contributed by atoms with van der Waals surface area (Å²) in [7, 11) is 0. The van der Waals surface area contributed by atoms with Crippen molar-refractivity contribution in [1.82, 2.24) is 5.43 Å². The van der Waals surface area contributed by atoms with E-state index in [4.69, 9.17) is 5.11 Å². The number of nitrogens with one attached hydrogen (secondary N) is 1. The molecule has 0 aliphatic carbocycles. The fraction of sp³-hybridized carbons (Fsp3) is 0.333. The first-order valence-corrected chi connectivity index (χ1v) is 5.62. The lowest BCUT2D eigenvalue weighted by Crippen LogP contribution is -2.17. The number of aliphatic hydroxyl groups excluding tert-OH is 1. The Bertz CT molecular complexity index is 430. The highest BCUT2D eigenvalue weighted by molar-refractivity contribution is 7.16. The number of rotatable bonds is 6. The second-order valence-electron chi connectivity index (χ2n) is 3.05. The van der Waals surface area contributed by atoms with Crippen molar-refractivity contribution in [1.29, 1.82) is 0 Å². The van der Waals surface area contributed by atoms with Crippen LogP contribution in [0.2, 0.25) is 0 Å². The average Bonchev–Trinajstić information content (AvgIpc) is 2.75. The van der Waals surface area contributed by atoms with Gasteiger partial charge in [0.2, 0.25) is 5.91 Å². The van der Waals surface area contributed by atoms with Crippen LogP contribution < -0.4 is 5.43 Å². The molecule has 0 atom stereocenters. The highest BCUT2D eigenvalue weighted by Gasteiger charge is 2.07. The van der Waals surface area contributed by atoms with E-state index in [1.165, 1.54) is 12.3 Å². The van der Waals surface area contributed by atoms with E-state index < -0.39 is 4.92 Å². The van der Waals surface area contributed by atoms with Gasteiger partial charge < -0.3 is 5.11 Å². The molecule has 17 heavy (non-hydrogen) atoms. The molecule has 1 rings (SSSR count). The number of hydrogen-bond donors (Lipinski definition) is 2. The second-order valence-corrected chi connectivity index (χ2v) is 4.15. The van der Waals surface area contributed by atoms with Gasteiger partial charge in [0.15, 0.2) is 0 Å². The van der Waals surface area contributed by atoms with Crippen LogP contribution >= 0.6 is 11.3 Å². The third kappa shape index (κ3) is 4.70. The molecule has 0 aromatic carbocycles. The van der Waals surface area contributed by atoms with E-state index in [1.807, 2.05) is 0 Å². The van der Waals surface area contributed by atoms with Crippen LogP contribution in [-0.4, -0.2) is 28.8 Å². The Morgan fingerprint density at radius 2 is 2.41 bits per heavy atom. The Balaban J connectivity index is 2.42. The lowest BCUT2D eigenvalue weighted by molar-refractivity contribution is -0.380. The molecule has 1 heterocycles. The SMILES string of the molecule is O=C(CCCO)N/N=C/c1ccc([N+](=O)[O-])s1. The van der Waals surface area contributed by atoms with E-state index in [1.54, 1.807) is 6.07 Å². The number of amides is 1. The van der Waals surface area contributed by atoms with Gasteiger partial charge in [0.05, 0.1) is 16.0 Å². The van der Waals surface area contributed by atoms with Crippen LogP contribution in [0, 0.1) is 10.1 Å². The maximum absolute atomic E-state index is 11.1. The van der Waals surface area contributed by atoms with E-state index in [0.717, 1.165) is 11.3 Å². The van der Waals surface area contributed by atoms with E-state index in [9.17, 15) is 14.9 Å². The van der Waals surface area contributed by atoms with Gasteiger partial charge >= 0.3 is 5.00 Å². The van der Waals surface area contributed by atoms with Crippen LogP contribution in [-0.2, 0) is 4.79 Å². The third-order valence-electron chi connectivity index (χ3n) is 1.74. The summed E-state index contributed by atoms with van der Waals surface area (Å²) >= 11 is 0.971. The summed E-state index contributed by atoms with van der Waals surface area (Å²) in [5, 5.41) is 22.6. The van der Waals surface area contributed by atoms with Crippen molar-refractivity contribution in [2.75, 3.05) is 6.61 Å². The Hall–Kier alpha value is -1.80. The molecule has 92 valence electrons. The van der Waals surface area contributed by atoms with Crippen LogP contribution in [0.15, 0.2) is 17.2 Å². The standard InChI is InChI=1S/C9H11N3O4S/c13-5-1-2-8(14)11-10-6-7-3-4-9(17-7)12(15)16/h3-4,6,13H,1-2,5H2,(H,11,14)/b10-6+. The predicted molar refractivity (Wildman–Crippen MR) is 63.0 cm³/mol. The first kappa shape index (κ1) is 13.3. The lowest BCUT2D eigenvalue weighted by atomic mass is 10.3. The van der Waals surface area contributed by atoms with Crippen LogP contribution in [0.4, 0.5) is 5.00 Å². The molecule has 1 amide bonds. The van der Waals surface area contributed by atoms with Gasteiger partial charge in [-0.15, -0.1) is 0 Å². The number of nitrogens with zero attached hydrogens (tertiary/aromatic N) is 2. The molecule has 0 radical (unpaired) electrons. The molecule has 1 aromatic heterocycles. The molecule has 0 bridgehead atoms. The predicted octanol–water partition coefficient (Wildman–Crippen LogP) is 0.879. The largest absolute Gasteiger partial charge is 0.396 e. The summed E-state index contributed by atoms with van der Waals surface area (Å²) in [6.07, 6.45) is 1.92. The van der Waals surface area contributed by atoms with Crippen molar-refractivity contribution in [3.63, 3.8) is 0 Å². The minimum absolute atomic E-state index is 0.0260. The summed E-state index contributed by atoms with van der Waals surface area (Å²) in [5.41, 5.74) is 2.26. The van der Waals surface area contributed by atoms with Gasteiger partial charge in [-0.05, 0) is 12.5 Å². The summed E-state index contributed by atoms with van der Waals surface area (Å²) in [5.74, 6) is -0.304. The van der Waals surface area contributed by atoms with Crippen LogP contribution in [0.3, 0.4) is 0 Å². The van der Waals surface area contributed by atoms with Crippen LogP contribution in [0.1, 0.15) is 17.7 Å². The van der Waals surface area contributed by atoms with Crippen LogP contribution in [0.5, 0.6) is 0 Å². The maximum Gasteiger partial charge on any atom is 0.324 e. The number of thiophene rings is 1. The van der Waals surface area contributed by atoms with Crippen molar-refractivity contribution in [2.24, 2.45) is 5.10 Å². The number of hydrogen-bond acceptors (Lipinski definition) is 6. The summed E-state index contributed by atoms with van der Waals surface area (Å²) in [4.78, 5) is 21.6. The molecule has 0 saturated heterocycles. The number of carbonyl (C=O) groups excluding carboxylic acids is 1. The van der Waals surface area contributed by atoms with Gasteiger partial charge in [0.25, 0.3) is 0 Å². The fourth-order valence-corrected chi connectivity index (χ4v) is 1.67. The summed E-state index contributed by atoms with van der Waals surface area (Å²) in [6, 6.07) is 2.92. The smallest absolute Gasteiger partial charge is 0.324 e. The lowest BCUT2D eigenvalue weighted by Gasteiger charge is -1.96. The van der Waals surface area contributed by atoms with Crippen molar-refractivity contribution >= 4 is 28.5 Å².